The molecule has 0 bridgehead atoms. The first-order valence-corrected chi connectivity index (χ1v) is 12.7. The molecule has 3 aromatic carbocycles. The van der Waals surface area contributed by atoms with Gasteiger partial charge in [-0.2, -0.15) is 26.3 Å². The van der Waals surface area contributed by atoms with Gasteiger partial charge in [0.2, 0.25) is 5.91 Å². The molecule has 0 spiro atoms. The summed E-state index contributed by atoms with van der Waals surface area (Å²) >= 11 is 0.531. The van der Waals surface area contributed by atoms with Crippen LogP contribution in [0.3, 0.4) is 0 Å². The summed E-state index contributed by atoms with van der Waals surface area (Å²) in [7, 11) is 0. The number of morpholine rings is 1. The molecule has 206 valence electrons. The van der Waals surface area contributed by atoms with Crippen molar-refractivity contribution < 1.29 is 40.6 Å². The number of nitrogens with zero attached hydrogens (tertiary/aromatic N) is 1. The fourth-order valence-corrected chi connectivity index (χ4v) is 5.04. The van der Waals surface area contributed by atoms with Crippen LogP contribution in [0.15, 0.2) is 82.6 Å². The number of alkyl halides is 6. The summed E-state index contributed by atoms with van der Waals surface area (Å²) in [4.78, 5) is 13.3. The van der Waals surface area contributed by atoms with Crippen molar-refractivity contribution >= 4 is 23.7 Å². The summed E-state index contributed by atoms with van der Waals surface area (Å²) in [6, 6.07) is 17.2. The highest BCUT2D eigenvalue weighted by atomic mass is 32.2. The van der Waals surface area contributed by atoms with E-state index in [1.165, 1.54) is 17.0 Å². The number of carbonyl (C=O) groups excluding carboxylic acids is 1. The van der Waals surface area contributed by atoms with Gasteiger partial charge in [-0.1, -0.05) is 60.3 Å². The minimum Gasteiger partial charge on any atom is -0.488 e. The number of amides is 1. The molecule has 1 saturated heterocycles. The number of hydrogen-bond acceptors (Lipinski definition) is 4. The zero-order valence-corrected chi connectivity index (χ0v) is 21.2. The van der Waals surface area contributed by atoms with Gasteiger partial charge in [0.15, 0.2) is 0 Å². The zero-order valence-electron chi connectivity index (χ0n) is 20.4. The molecular formula is C28H23F6NO3S. The SMILES string of the molecule is O=C(C=Cc1ccc(Sc2ccccc2OCc2ccccc2)c(C(F)(F)F)c1C(F)(F)F)N1CCOCC1. The lowest BCUT2D eigenvalue weighted by molar-refractivity contribution is -0.163. The van der Waals surface area contributed by atoms with Crippen molar-refractivity contribution in [2.75, 3.05) is 26.3 Å². The van der Waals surface area contributed by atoms with E-state index in [2.05, 4.69) is 0 Å². The predicted molar refractivity (Wildman–Crippen MR) is 134 cm³/mol. The molecule has 0 radical (unpaired) electrons. The Hall–Kier alpha value is -3.44. The first-order valence-electron chi connectivity index (χ1n) is 11.8. The number of para-hydroxylation sites is 1. The van der Waals surface area contributed by atoms with E-state index in [9.17, 15) is 31.1 Å². The number of carbonyl (C=O) groups is 1. The number of benzene rings is 3. The third kappa shape index (κ3) is 7.36. The van der Waals surface area contributed by atoms with Gasteiger partial charge in [0, 0.05) is 24.1 Å². The highest BCUT2D eigenvalue weighted by Gasteiger charge is 2.46. The van der Waals surface area contributed by atoms with Crippen LogP contribution in [0.2, 0.25) is 0 Å². The summed E-state index contributed by atoms with van der Waals surface area (Å²) in [5.41, 5.74) is -3.61. The number of rotatable bonds is 7. The second-order valence-electron chi connectivity index (χ2n) is 8.49. The van der Waals surface area contributed by atoms with Crippen LogP contribution >= 0.6 is 11.8 Å². The standard InChI is InChI=1S/C28H23F6NO3S/c29-27(30,31)25-20(11-13-24(36)35-14-16-37-17-15-35)10-12-23(26(25)28(32,33)34)39-22-9-5-4-8-21(22)38-18-19-6-2-1-3-7-19/h1-13H,14-18H2. The molecule has 1 amide bonds. The van der Waals surface area contributed by atoms with Crippen molar-refractivity contribution in [3.05, 3.63) is 95.1 Å². The molecule has 1 heterocycles. The lowest BCUT2D eigenvalue weighted by Crippen LogP contribution is -2.39. The van der Waals surface area contributed by atoms with Gasteiger partial charge < -0.3 is 14.4 Å². The molecule has 0 N–H and O–H groups in total. The van der Waals surface area contributed by atoms with E-state index in [4.69, 9.17) is 9.47 Å². The lowest BCUT2D eigenvalue weighted by atomic mass is 9.99. The lowest BCUT2D eigenvalue weighted by Gasteiger charge is -2.25. The Morgan fingerprint density at radius 2 is 1.49 bits per heavy atom. The van der Waals surface area contributed by atoms with Gasteiger partial charge in [0.25, 0.3) is 0 Å². The molecule has 0 atom stereocenters. The van der Waals surface area contributed by atoms with Gasteiger partial charge >= 0.3 is 12.4 Å². The molecule has 3 aromatic rings. The quantitative estimate of drug-likeness (QED) is 0.222. The predicted octanol–water partition coefficient (Wildman–Crippen LogP) is 7.33. The molecule has 0 aromatic heterocycles. The van der Waals surface area contributed by atoms with E-state index in [-0.39, 0.29) is 43.6 Å². The van der Waals surface area contributed by atoms with Gasteiger partial charge in [0.1, 0.15) is 12.4 Å². The van der Waals surface area contributed by atoms with Gasteiger partial charge in [-0.3, -0.25) is 4.79 Å². The number of hydrogen-bond donors (Lipinski definition) is 0. The summed E-state index contributed by atoms with van der Waals surface area (Å²) in [6.45, 7) is 1.15. The molecule has 39 heavy (non-hydrogen) atoms. The maximum Gasteiger partial charge on any atom is 0.418 e. The van der Waals surface area contributed by atoms with Gasteiger partial charge in [-0.05, 0) is 35.4 Å². The molecule has 1 aliphatic rings. The van der Waals surface area contributed by atoms with Crippen LogP contribution in [0, 0.1) is 0 Å². The minimum atomic E-state index is -5.34. The second-order valence-corrected chi connectivity index (χ2v) is 9.58. The first kappa shape index (κ1) is 28.6. The van der Waals surface area contributed by atoms with Gasteiger partial charge in [-0.15, -0.1) is 0 Å². The van der Waals surface area contributed by atoms with Crippen molar-refractivity contribution in [2.24, 2.45) is 0 Å². The Labute approximate surface area is 225 Å². The zero-order chi connectivity index (χ0) is 28.0. The maximum absolute atomic E-state index is 14.2. The molecule has 0 unspecified atom stereocenters. The van der Waals surface area contributed by atoms with Crippen LogP contribution < -0.4 is 4.74 Å². The largest absolute Gasteiger partial charge is 0.488 e. The maximum atomic E-state index is 14.2. The van der Waals surface area contributed by atoms with Crippen LogP contribution in [0.1, 0.15) is 22.3 Å². The highest BCUT2D eigenvalue weighted by Crippen LogP contribution is 2.49. The van der Waals surface area contributed by atoms with Crippen molar-refractivity contribution in [1.82, 2.24) is 4.90 Å². The van der Waals surface area contributed by atoms with E-state index in [0.717, 1.165) is 29.8 Å². The Morgan fingerprint density at radius 3 is 2.15 bits per heavy atom. The molecule has 1 aliphatic heterocycles. The molecule has 11 heteroatoms. The molecule has 0 saturated carbocycles. The normalized spacial score (nSPS) is 14.6. The van der Waals surface area contributed by atoms with Crippen LogP contribution in [0.4, 0.5) is 26.3 Å². The molecule has 0 aliphatic carbocycles. The third-order valence-electron chi connectivity index (χ3n) is 5.80. The fourth-order valence-electron chi connectivity index (χ4n) is 3.97. The average molecular weight is 568 g/mol. The van der Waals surface area contributed by atoms with Crippen molar-refractivity contribution in [3.8, 4) is 5.75 Å². The monoisotopic (exact) mass is 567 g/mol. The number of halogens is 6. The Balaban J connectivity index is 1.70. The van der Waals surface area contributed by atoms with E-state index in [1.54, 1.807) is 24.3 Å². The van der Waals surface area contributed by atoms with Crippen molar-refractivity contribution in [3.63, 3.8) is 0 Å². The fraction of sp³-hybridized carbons (Fsp3) is 0.250. The van der Waals surface area contributed by atoms with Crippen molar-refractivity contribution in [2.45, 2.75) is 28.8 Å². The Bertz CT molecular complexity index is 1320. The Morgan fingerprint density at radius 1 is 0.846 bits per heavy atom. The molecule has 4 nitrogen and oxygen atoms in total. The van der Waals surface area contributed by atoms with Crippen LogP contribution in [-0.2, 0) is 28.5 Å². The van der Waals surface area contributed by atoms with Crippen molar-refractivity contribution in [1.29, 1.82) is 0 Å². The van der Waals surface area contributed by atoms with E-state index < -0.39 is 39.8 Å². The first-order chi connectivity index (χ1) is 18.5. The van der Waals surface area contributed by atoms with Crippen LogP contribution in [0.5, 0.6) is 5.75 Å². The summed E-state index contributed by atoms with van der Waals surface area (Å²) in [5, 5.41) is 0. The summed E-state index contributed by atoms with van der Waals surface area (Å²) < 4.78 is 96.0. The van der Waals surface area contributed by atoms with E-state index in [1.807, 2.05) is 18.2 Å². The molecular weight excluding hydrogens is 544 g/mol. The smallest absolute Gasteiger partial charge is 0.418 e. The third-order valence-corrected chi connectivity index (χ3v) is 6.92. The Kier molecular flexibility index (Phi) is 8.91. The average Bonchev–Trinajstić information content (AvgIpc) is 2.91. The highest BCUT2D eigenvalue weighted by molar-refractivity contribution is 7.99. The topological polar surface area (TPSA) is 38.8 Å². The van der Waals surface area contributed by atoms with Crippen LogP contribution in [0.25, 0.3) is 6.08 Å². The second kappa shape index (κ2) is 12.2. The molecule has 1 fully saturated rings. The van der Waals surface area contributed by atoms with Gasteiger partial charge in [0.05, 0.1) is 29.2 Å². The van der Waals surface area contributed by atoms with E-state index >= 15 is 0 Å². The minimum absolute atomic E-state index is 0.124. The summed E-state index contributed by atoms with van der Waals surface area (Å²) in [6.07, 6.45) is -9.03. The van der Waals surface area contributed by atoms with Crippen LogP contribution in [-0.4, -0.2) is 37.1 Å². The molecule has 4 rings (SSSR count). The van der Waals surface area contributed by atoms with Gasteiger partial charge in [-0.25, -0.2) is 0 Å². The van der Waals surface area contributed by atoms with E-state index in [0.29, 0.717) is 11.8 Å². The summed E-state index contributed by atoms with van der Waals surface area (Å²) in [5.74, 6) is -0.379. The number of ether oxygens (including phenoxy) is 2.